The Morgan fingerprint density at radius 1 is 0.938 bits per heavy atom. The maximum Gasteiger partial charge on any atom is 0.312 e. The molecule has 0 fully saturated rings. The number of carbonyl (C=O) groups is 3. The Balaban J connectivity index is 2.38. The lowest BCUT2D eigenvalue weighted by molar-refractivity contribution is -0.154. The van der Waals surface area contributed by atoms with Crippen molar-refractivity contribution in [2.24, 2.45) is 5.92 Å². The molecular weight excluding hydrogens is 408 g/mol. The normalized spacial score (nSPS) is 13.6. The Hall–Kier alpha value is -2.99. The molecule has 0 saturated heterocycles. The first-order chi connectivity index (χ1) is 15.3. The van der Waals surface area contributed by atoms with Gasteiger partial charge in [0.25, 0.3) is 0 Å². The molecule has 32 heavy (non-hydrogen) atoms. The van der Waals surface area contributed by atoms with Crippen LogP contribution in [0.15, 0.2) is 54.6 Å². The van der Waals surface area contributed by atoms with Crippen LogP contribution in [0.4, 0.5) is 0 Å². The van der Waals surface area contributed by atoms with Crippen LogP contribution in [0.2, 0.25) is 0 Å². The molecule has 172 valence electrons. The SMILES string of the molecule is CCCCCC(C(=O)OC)C(O)(c1ccccc1)c1ccc(OC(=O)CCC(C)=O)cc1. The molecule has 0 amide bonds. The maximum atomic E-state index is 12.8. The summed E-state index contributed by atoms with van der Waals surface area (Å²) in [7, 11) is 1.32. The summed E-state index contributed by atoms with van der Waals surface area (Å²) in [6, 6.07) is 15.5. The lowest BCUT2D eigenvalue weighted by atomic mass is 9.74. The molecule has 0 saturated carbocycles. The standard InChI is InChI=1S/C26H32O6/c1-4-5-7-12-23(25(29)31-3)26(30,20-10-8-6-9-11-20)21-14-16-22(17-15-21)32-24(28)18-13-19(2)27/h6,8-11,14-17,23,30H,4-5,7,12-13,18H2,1-3H3. The molecule has 2 aromatic carbocycles. The summed E-state index contributed by atoms with van der Waals surface area (Å²) >= 11 is 0. The first kappa shape index (κ1) is 25.3. The number of ketones is 1. The molecule has 0 spiro atoms. The monoisotopic (exact) mass is 440 g/mol. The molecule has 0 radical (unpaired) electrons. The van der Waals surface area contributed by atoms with Crippen molar-refractivity contribution < 1.29 is 29.0 Å². The topological polar surface area (TPSA) is 89.9 Å². The quantitative estimate of drug-likeness (QED) is 0.295. The highest BCUT2D eigenvalue weighted by Gasteiger charge is 2.44. The molecule has 0 heterocycles. The highest BCUT2D eigenvalue weighted by molar-refractivity contribution is 5.81. The van der Waals surface area contributed by atoms with E-state index in [2.05, 4.69) is 6.92 Å². The molecule has 6 heteroatoms. The Kier molecular flexibility index (Phi) is 9.60. The second kappa shape index (κ2) is 12.2. The summed E-state index contributed by atoms with van der Waals surface area (Å²) in [6.07, 6.45) is 3.30. The van der Waals surface area contributed by atoms with Gasteiger partial charge in [-0.15, -0.1) is 0 Å². The van der Waals surface area contributed by atoms with E-state index in [1.807, 2.05) is 18.2 Å². The average molecular weight is 441 g/mol. The number of esters is 2. The number of Topliss-reactive ketones (excluding diaryl/α,β-unsaturated/α-hetero) is 1. The average Bonchev–Trinajstić information content (AvgIpc) is 2.80. The summed E-state index contributed by atoms with van der Waals surface area (Å²) in [5, 5.41) is 12.0. The highest BCUT2D eigenvalue weighted by Crippen LogP contribution is 2.40. The van der Waals surface area contributed by atoms with Gasteiger partial charge in [-0.05, 0) is 36.6 Å². The first-order valence-electron chi connectivity index (χ1n) is 11.0. The van der Waals surface area contributed by atoms with Gasteiger partial charge in [-0.3, -0.25) is 9.59 Å². The van der Waals surface area contributed by atoms with Crippen LogP contribution < -0.4 is 4.74 Å². The number of hydrogen-bond donors (Lipinski definition) is 1. The molecule has 0 bridgehead atoms. The van der Waals surface area contributed by atoms with Gasteiger partial charge < -0.3 is 19.4 Å². The zero-order valence-electron chi connectivity index (χ0n) is 19.0. The van der Waals surface area contributed by atoms with Crippen LogP contribution in [0.3, 0.4) is 0 Å². The van der Waals surface area contributed by atoms with Crippen LogP contribution in [0.5, 0.6) is 5.75 Å². The molecule has 1 N–H and O–H groups in total. The lowest BCUT2D eigenvalue weighted by Gasteiger charge is -2.36. The smallest absolute Gasteiger partial charge is 0.312 e. The highest BCUT2D eigenvalue weighted by atomic mass is 16.5. The van der Waals surface area contributed by atoms with Crippen molar-refractivity contribution in [2.75, 3.05) is 7.11 Å². The van der Waals surface area contributed by atoms with Gasteiger partial charge in [0.15, 0.2) is 0 Å². The Morgan fingerprint density at radius 2 is 1.56 bits per heavy atom. The minimum atomic E-state index is -1.61. The van der Waals surface area contributed by atoms with Crippen LogP contribution >= 0.6 is 0 Å². The molecular formula is C26H32O6. The number of unbranched alkanes of at least 4 members (excludes halogenated alkanes) is 2. The van der Waals surface area contributed by atoms with Crippen molar-refractivity contribution in [3.05, 3.63) is 65.7 Å². The van der Waals surface area contributed by atoms with E-state index in [4.69, 9.17) is 9.47 Å². The first-order valence-corrected chi connectivity index (χ1v) is 11.0. The second-order valence-corrected chi connectivity index (χ2v) is 7.90. The van der Waals surface area contributed by atoms with Crippen molar-refractivity contribution in [1.82, 2.24) is 0 Å². The van der Waals surface area contributed by atoms with E-state index >= 15 is 0 Å². The van der Waals surface area contributed by atoms with Gasteiger partial charge in [0.2, 0.25) is 0 Å². The number of aliphatic hydroxyl groups is 1. The number of hydrogen-bond acceptors (Lipinski definition) is 6. The summed E-state index contributed by atoms with van der Waals surface area (Å²) in [5.41, 5.74) is -0.531. The van der Waals surface area contributed by atoms with E-state index < -0.39 is 23.5 Å². The number of benzene rings is 2. The van der Waals surface area contributed by atoms with Crippen LogP contribution in [-0.2, 0) is 24.7 Å². The number of methoxy groups -OCH3 is 1. The Bertz CT molecular complexity index is 890. The zero-order valence-corrected chi connectivity index (χ0v) is 19.0. The third-order valence-electron chi connectivity index (χ3n) is 5.51. The second-order valence-electron chi connectivity index (χ2n) is 7.90. The van der Waals surface area contributed by atoms with Crippen LogP contribution in [-0.4, -0.2) is 29.9 Å². The van der Waals surface area contributed by atoms with Gasteiger partial charge in [0.05, 0.1) is 19.4 Å². The van der Waals surface area contributed by atoms with Crippen LogP contribution in [0.1, 0.15) is 63.5 Å². The molecule has 0 aliphatic heterocycles. The van der Waals surface area contributed by atoms with E-state index in [0.717, 1.165) is 19.3 Å². The predicted octanol–water partition coefficient (Wildman–Crippen LogP) is 4.57. The van der Waals surface area contributed by atoms with Crippen molar-refractivity contribution in [2.45, 2.75) is 58.0 Å². The number of rotatable bonds is 12. The van der Waals surface area contributed by atoms with Crippen molar-refractivity contribution >= 4 is 17.7 Å². The molecule has 2 unspecified atom stereocenters. The van der Waals surface area contributed by atoms with Gasteiger partial charge in [-0.2, -0.15) is 0 Å². The zero-order chi connectivity index (χ0) is 23.6. The molecule has 0 aliphatic rings. The minimum Gasteiger partial charge on any atom is -0.469 e. The van der Waals surface area contributed by atoms with E-state index in [0.29, 0.717) is 23.3 Å². The van der Waals surface area contributed by atoms with Crippen molar-refractivity contribution in [3.63, 3.8) is 0 Å². The molecule has 6 nitrogen and oxygen atoms in total. The molecule has 0 aromatic heterocycles. The largest absolute Gasteiger partial charge is 0.469 e. The summed E-state index contributed by atoms with van der Waals surface area (Å²) in [6.45, 7) is 3.50. The van der Waals surface area contributed by atoms with Gasteiger partial charge in [-0.25, -0.2) is 0 Å². The van der Waals surface area contributed by atoms with E-state index in [1.165, 1.54) is 14.0 Å². The molecule has 0 aliphatic carbocycles. The van der Waals surface area contributed by atoms with Crippen molar-refractivity contribution in [1.29, 1.82) is 0 Å². The maximum absolute atomic E-state index is 12.8. The van der Waals surface area contributed by atoms with Gasteiger partial charge >= 0.3 is 11.9 Å². The van der Waals surface area contributed by atoms with E-state index in [-0.39, 0.29) is 18.6 Å². The summed E-state index contributed by atoms with van der Waals surface area (Å²) in [4.78, 5) is 35.7. The fraction of sp³-hybridized carbons (Fsp3) is 0.423. The Morgan fingerprint density at radius 3 is 2.12 bits per heavy atom. The van der Waals surface area contributed by atoms with Gasteiger partial charge in [0.1, 0.15) is 17.1 Å². The molecule has 2 aromatic rings. The van der Waals surface area contributed by atoms with Gasteiger partial charge in [-0.1, -0.05) is 68.7 Å². The Labute approximate surface area is 189 Å². The molecule has 2 rings (SSSR count). The van der Waals surface area contributed by atoms with Crippen LogP contribution in [0, 0.1) is 5.92 Å². The third-order valence-corrected chi connectivity index (χ3v) is 5.51. The summed E-state index contributed by atoms with van der Waals surface area (Å²) < 4.78 is 10.3. The summed E-state index contributed by atoms with van der Waals surface area (Å²) in [5.74, 6) is -1.56. The predicted molar refractivity (Wildman–Crippen MR) is 121 cm³/mol. The number of carbonyl (C=O) groups excluding carboxylic acids is 3. The van der Waals surface area contributed by atoms with E-state index in [9.17, 15) is 19.5 Å². The lowest BCUT2D eigenvalue weighted by Crippen LogP contribution is -2.41. The van der Waals surface area contributed by atoms with Gasteiger partial charge in [0, 0.05) is 6.42 Å². The van der Waals surface area contributed by atoms with Crippen LogP contribution in [0.25, 0.3) is 0 Å². The van der Waals surface area contributed by atoms with E-state index in [1.54, 1.807) is 36.4 Å². The number of ether oxygens (including phenoxy) is 2. The fourth-order valence-electron chi connectivity index (χ4n) is 3.74. The third kappa shape index (κ3) is 6.50. The fourth-order valence-corrected chi connectivity index (χ4v) is 3.74. The van der Waals surface area contributed by atoms with Crippen molar-refractivity contribution in [3.8, 4) is 5.75 Å². The minimum absolute atomic E-state index is 0.00683. The molecule has 2 atom stereocenters.